The van der Waals surface area contributed by atoms with Gasteiger partial charge >= 0.3 is 0 Å². The number of nitrogen functional groups attached to an aromatic ring is 1. The molecule has 0 amide bonds. The molecule has 1 heterocycles. The van der Waals surface area contributed by atoms with Crippen LogP contribution in [0.4, 0.5) is 5.88 Å². The molecule has 1 aromatic carbocycles. The van der Waals surface area contributed by atoms with E-state index in [0.717, 1.165) is 22.6 Å². The fourth-order valence-corrected chi connectivity index (χ4v) is 1.79. The van der Waals surface area contributed by atoms with Crippen molar-refractivity contribution in [1.82, 2.24) is 5.16 Å². The van der Waals surface area contributed by atoms with E-state index >= 15 is 0 Å². The van der Waals surface area contributed by atoms with Crippen LogP contribution in [0.1, 0.15) is 5.69 Å². The molecular weight excluding hydrogens is 232 g/mol. The molecule has 1 aromatic heterocycles. The minimum atomic E-state index is 0.314. The molecule has 0 saturated heterocycles. The molecule has 0 atom stereocenters. The van der Waals surface area contributed by atoms with Crippen LogP contribution in [-0.4, -0.2) is 26.0 Å². The van der Waals surface area contributed by atoms with Gasteiger partial charge in [0.2, 0.25) is 5.88 Å². The number of methoxy groups -OCH3 is 2. The minimum Gasteiger partial charge on any atom is -0.497 e. The second-order valence-electron chi connectivity index (χ2n) is 3.84. The summed E-state index contributed by atoms with van der Waals surface area (Å²) in [5.41, 5.74) is 8.36. The highest BCUT2D eigenvalue weighted by atomic mass is 16.5. The molecule has 0 fully saturated rings. The largest absolute Gasteiger partial charge is 0.497 e. The standard InChI is InChI=1S/C13H16N2O3/c1-16-7-6-11-12(13(14)18-15-11)9-4-3-5-10(8-9)17-2/h3-5,8H,6-7,14H2,1-2H3. The molecule has 2 aromatic rings. The van der Waals surface area contributed by atoms with Gasteiger partial charge in [0, 0.05) is 13.5 Å². The van der Waals surface area contributed by atoms with Gasteiger partial charge in [-0.25, -0.2) is 0 Å². The molecule has 0 bridgehead atoms. The Morgan fingerprint density at radius 2 is 2.17 bits per heavy atom. The van der Waals surface area contributed by atoms with Crippen LogP contribution < -0.4 is 10.5 Å². The quantitative estimate of drug-likeness (QED) is 0.877. The average Bonchev–Trinajstić information content (AvgIpc) is 2.77. The Bertz CT molecular complexity index is 523. The summed E-state index contributed by atoms with van der Waals surface area (Å²) in [6, 6.07) is 7.63. The van der Waals surface area contributed by atoms with Crippen LogP contribution in [0.5, 0.6) is 5.75 Å². The summed E-state index contributed by atoms with van der Waals surface area (Å²) < 4.78 is 15.3. The summed E-state index contributed by atoms with van der Waals surface area (Å²) in [7, 11) is 3.27. The molecule has 18 heavy (non-hydrogen) atoms. The van der Waals surface area contributed by atoms with Gasteiger partial charge in [-0.15, -0.1) is 0 Å². The summed E-state index contributed by atoms with van der Waals surface area (Å²) in [5, 5.41) is 3.96. The maximum Gasteiger partial charge on any atom is 0.230 e. The number of hydrogen-bond acceptors (Lipinski definition) is 5. The summed E-state index contributed by atoms with van der Waals surface area (Å²) in [4.78, 5) is 0. The molecule has 0 unspecified atom stereocenters. The van der Waals surface area contributed by atoms with E-state index in [-0.39, 0.29) is 0 Å². The maximum atomic E-state index is 5.83. The molecule has 5 nitrogen and oxygen atoms in total. The van der Waals surface area contributed by atoms with Gasteiger partial charge in [0.25, 0.3) is 0 Å². The number of nitrogens with two attached hydrogens (primary N) is 1. The van der Waals surface area contributed by atoms with Crippen molar-refractivity contribution in [3.63, 3.8) is 0 Å². The van der Waals surface area contributed by atoms with Gasteiger partial charge in [-0.05, 0) is 17.7 Å². The third-order valence-electron chi connectivity index (χ3n) is 2.69. The third-order valence-corrected chi connectivity index (χ3v) is 2.69. The van der Waals surface area contributed by atoms with Crippen LogP contribution in [0.15, 0.2) is 28.8 Å². The molecular formula is C13H16N2O3. The lowest BCUT2D eigenvalue weighted by Crippen LogP contribution is -1.97. The van der Waals surface area contributed by atoms with Gasteiger partial charge in [0.15, 0.2) is 0 Å². The molecule has 2 rings (SSSR count). The van der Waals surface area contributed by atoms with Gasteiger partial charge < -0.3 is 19.7 Å². The lowest BCUT2D eigenvalue weighted by molar-refractivity contribution is 0.200. The zero-order valence-corrected chi connectivity index (χ0v) is 10.5. The summed E-state index contributed by atoms with van der Waals surface area (Å²) in [5.74, 6) is 1.08. The van der Waals surface area contributed by atoms with E-state index in [1.807, 2.05) is 24.3 Å². The van der Waals surface area contributed by atoms with Crippen molar-refractivity contribution in [1.29, 1.82) is 0 Å². The van der Waals surface area contributed by atoms with E-state index in [0.29, 0.717) is 18.9 Å². The predicted octanol–water partition coefficient (Wildman–Crippen LogP) is 2.12. The van der Waals surface area contributed by atoms with E-state index in [4.69, 9.17) is 19.7 Å². The predicted molar refractivity (Wildman–Crippen MR) is 68.5 cm³/mol. The second-order valence-corrected chi connectivity index (χ2v) is 3.84. The molecule has 96 valence electrons. The number of ether oxygens (including phenoxy) is 2. The van der Waals surface area contributed by atoms with Crippen LogP contribution >= 0.6 is 0 Å². The van der Waals surface area contributed by atoms with Gasteiger partial charge in [0.05, 0.1) is 25.0 Å². The topological polar surface area (TPSA) is 70.5 Å². The number of hydrogen-bond donors (Lipinski definition) is 1. The number of nitrogens with zero attached hydrogens (tertiary/aromatic N) is 1. The molecule has 0 aliphatic rings. The Balaban J connectivity index is 2.38. The van der Waals surface area contributed by atoms with Crippen molar-refractivity contribution in [2.45, 2.75) is 6.42 Å². The first-order valence-electron chi connectivity index (χ1n) is 5.63. The highest BCUT2D eigenvalue weighted by Crippen LogP contribution is 2.32. The normalized spacial score (nSPS) is 10.6. The Kier molecular flexibility index (Phi) is 3.84. The summed E-state index contributed by atoms with van der Waals surface area (Å²) >= 11 is 0. The maximum absolute atomic E-state index is 5.83. The van der Waals surface area contributed by atoms with Gasteiger partial charge in [0.1, 0.15) is 5.75 Å². The van der Waals surface area contributed by atoms with E-state index in [1.54, 1.807) is 14.2 Å². The highest BCUT2D eigenvalue weighted by Gasteiger charge is 2.15. The Labute approximate surface area is 105 Å². The average molecular weight is 248 g/mol. The SMILES string of the molecule is COCCc1noc(N)c1-c1cccc(OC)c1. The lowest BCUT2D eigenvalue weighted by atomic mass is 10.0. The number of rotatable bonds is 5. The van der Waals surface area contributed by atoms with Gasteiger partial charge in [-0.3, -0.25) is 0 Å². The van der Waals surface area contributed by atoms with Crippen LogP contribution in [-0.2, 0) is 11.2 Å². The van der Waals surface area contributed by atoms with E-state index in [9.17, 15) is 0 Å². The molecule has 5 heteroatoms. The van der Waals surface area contributed by atoms with Crippen LogP contribution in [0, 0.1) is 0 Å². The van der Waals surface area contributed by atoms with Crippen molar-refractivity contribution in [2.24, 2.45) is 0 Å². The second kappa shape index (κ2) is 5.55. The van der Waals surface area contributed by atoms with E-state index < -0.39 is 0 Å². The monoisotopic (exact) mass is 248 g/mol. The molecule has 2 N–H and O–H groups in total. The zero-order chi connectivity index (χ0) is 13.0. The van der Waals surface area contributed by atoms with Crippen LogP contribution in [0.2, 0.25) is 0 Å². The molecule has 0 aliphatic carbocycles. The zero-order valence-electron chi connectivity index (χ0n) is 10.5. The Hall–Kier alpha value is -2.01. The minimum absolute atomic E-state index is 0.314. The first-order chi connectivity index (χ1) is 8.76. The van der Waals surface area contributed by atoms with Crippen molar-refractivity contribution in [3.05, 3.63) is 30.0 Å². The van der Waals surface area contributed by atoms with Crippen molar-refractivity contribution in [2.75, 3.05) is 26.6 Å². The fourth-order valence-electron chi connectivity index (χ4n) is 1.79. The molecule has 0 radical (unpaired) electrons. The number of aromatic nitrogens is 1. The molecule has 0 aliphatic heterocycles. The van der Waals surface area contributed by atoms with E-state index in [2.05, 4.69) is 5.16 Å². The third kappa shape index (κ3) is 2.46. The van der Waals surface area contributed by atoms with E-state index in [1.165, 1.54) is 0 Å². The van der Waals surface area contributed by atoms with Crippen LogP contribution in [0.25, 0.3) is 11.1 Å². The highest BCUT2D eigenvalue weighted by molar-refractivity contribution is 5.75. The van der Waals surface area contributed by atoms with Gasteiger partial charge in [-0.2, -0.15) is 0 Å². The smallest absolute Gasteiger partial charge is 0.230 e. The Morgan fingerprint density at radius 1 is 1.33 bits per heavy atom. The van der Waals surface area contributed by atoms with Crippen LogP contribution in [0.3, 0.4) is 0 Å². The van der Waals surface area contributed by atoms with Crippen molar-refractivity contribution in [3.8, 4) is 16.9 Å². The molecule has 0 spiro atoms. The summed E-state index contributed by atoms with van der Waals surface area (Å²) in [6.07, 6.45) is 0.656. The molecule has 0 saturated carbocycles. The van der Waals surface area contributed by atoms with Crippen molar-refractivity contribution >= 4 is 5.88 Å². The first-order valence-corrected chi connectivity index (χ1v) is 5.63. The summed E-state index contributed by atoms with van der Waals surface area (Å²) in [6.45, 7) is 0.572. The fraction of sp³-hybridized carbons (Fsp3) is 0.308. The van der Waals surface area contributed by atoms with Gasteiger partial charge in [-0.1, -0.05) is 17.3 Å². The Morgan fingerprint density at radius 3 is 2.89 bits per heavy atom. The number of anilines is 1. The first kappa shape index (κ1) is 12.4. The number of benzene rings is 1. The lowest BCUT2D eigenvalue weighted by Gasteiger charge is -2.05. The van der Waals surface area contributed by atoms with Crippen molar-refractivity contribution < 1.29 is 14.0 Å².